The lowest BCUT2D eigenvalue weighted by atomic mass is 10.2. The van der Waals surface area contributed by atoms with Gasteiger partial charge in [-0.05, 0) is 6.42 Å². The van der Waals surface area contributed by atoms with Gasteiger partial charge in [0.05, 0.1) is 12.5 Å². The molecule has 0 spiro atoms. The van der Waals surface area contributed by atoms with Crippen molar-refractivity contribution >= 4 is 5.91 Å². The molecule has 0 radical (unpaired) electrons. The van der Waals surface area contributed by atoms with Gasteiger partial charge in [0.1, 0.15) is 6.10 Å². The topological polar surface area (TPSA) is 73.1 Å². The molecule has 4 nitrogen and oxygen atoms in total. The lowest BCUT2D eigenvalue weighted by Gasteiger charge is -2.02. The lowest BCUT2D eigenvalue weighted by molar-refractivity contribution is -0.122. The van der Waals surface area contributed by atoms with E-state index in [9.17, 15) is 4.79 Å². The van der Waals surface area contributed by atoms with Crippen molar-refractivity contribution in [2.24, 2.45) is 0 Å². The van der Waals surface area contributed by atoms with Crippen LogP contribution in [0.4, 0.5) is 0 Å². The maximum atomic E-state index is 10.7. The van der Waals surface area contributed by atoms with Gasteiger partial charge in [0.2, 0.25) is 5.91 Å². The summed E-state index contributed by atoms with van der Waals surface area (Å²) in [5, 5.41) is 19.4. The first-order valence-electron chi connectivity index (χ1n) is 3.55. The Kier molecular flexibility index (Phi) is 5.13. The summed E-state index contributed by atoms with van der Waals surface area (Å²) in [5.74, 6) is -0.277. The van der Waals surface area contributed by atoms with Crippen LogP contribution in [0.25, 0.3) is 0 Å². The summed E-state index contributed by atoms with van der Waals surface area (Å²) in [5.41, 5.74) is 0. The molecule has 0 heterocycles. The van der Waals surface area contributed by atoms with E-state index in [1.54, 1.807) is 6.07 Å². The third-order valence-electron chi connectivity index (χ3n) is 1.10. The van der Waals surface area contributed by atoms with Crippen LogP contribution in [0.15, 0.2) is 0 Å². The summed E-state index contributed by atoms with van der Waals surface area (Å²) >= 11 is 0. The number of aliphatic hydroxyl groups excluding tert-OH is 1. The van der Waals surface area contributed by atoms with Gasteiger partial charge in [-0.2, -0.15) is 5.26 Å². The van der Waals surface area contributed by atoms with E-state index in [4.69, 9.17) is 10.4 Å². The minimum Gasteiger partial charge on any atom is -0.378 e. The first-order chi connectivity index (χ1) is 5.20. The molecule has 0 aliphatic heterocycles. The summed E-state index contributed by atoms with van der Waals surface area (Å²) in [4.78, 5) is 10.7. The average molecular weight is 156 g/mol. The van der Waals surface area contributed by atoms with Crippen molar-refractivity contribution in [1.82, 2.24) is 5.32 Å². The summed E-state index contributed by atoms with van der Waals surface area (Å²) in [6.45, 7) is 2.53. The zero-order valence-electron chi connectivity index (χ0n) is 6.50. The second kappa shape index (κ2) is 5.69. The second-order valence-corrected chi connectivity index (χ2v) is 2.20. The van der Waals surface area contributed by atoms with Crippen molar-refractivity contribution in [2.45, 2.75) is 25.9 Å². The Labute approximate surface area is 65.8 Å². The molecule has 1 amide bonds. The van der Waals surface area contributed by atoms with Crippen molar-refractivity contribution in [1.29, 1.82) is 5.26 Å². The highest BCUT2D eigenvalue weighted by Gasteiger charge is 2.07. The fourth-order valence-electron chi connectivity index (χ4n) is 0.558. The first kappa shape index (κ1) is 9.92. The van der Waals surface area contributed by atoms with Gasteiger partial charge < -0.3 is 10.4 Å². The van der Waals surface area contributed by atoms with E-state index in [1.165, 1.54) is 0 Å². The van der Waals surface area contributed by atoms with Crippen LogP contribution in [0.5, 0.6) is 0 Å². The lowest BCUT2D eigenvalue weighted by Crippen LogP contribution is -2.27. The summed E-state index contributed by atoms with van der Waals surface area (Å²) in [7, 11) is 0. The van der Waals surface area contributed by atoms with Gasteiger partial charge in [-0.3, -0.25) is 4.79 Å². The summed E-state index contributed by atoms with van der Waals surface area (Å²) in [6, 6.07) is 1.57. The van der Waals surface area contributed by atoms with E-state index in [0.717, 1.165) is 6.42 Å². The van der Waals surface area contributed by atoms with Crippen LogP contribution < -0.4 is 5.32 Å². The molecule has 1 atom stereocenters. The fourth-order valence-corrected chi connectivity index (χ4v) is 0.558. The molecular formula is C7H12N2O2. The maximum Gasteiger partial charge on any atom is 0.223 e. The van der Waals surface area contributed by atoms with E-state index in [2.05, 4.69) is 5.32 Å². The van der Waals surface area contributed by atoms with Crippen LogP contribution in [0.2, 0.25) is 0 Å². The van der Waals surface area contributed by atoms with Crippen molar-refractivity contribution in [3.63, 3.8) is 0 Å². The summed E-state index contributed by atoms with van der Waals surface area (Å²) < 4.78 is 0. The molecule has 0 aromatic rings. The monoisotopic (exact) mass is 156 g/mol. The Hall–Kier alpha value is -1.08. The maximum absolute atomic E-state index is 10.7. The Morgan fingerprint density at radius 3 is 2.91 bits per heavy atom. The van der Waals surface area contributed by atoms with E-state index in [0.29, 0.717) is 6.54 Å². The van der Waals surface area contributed by atoms with E-state index in [1.807, 2.05) is 6.92 Å². The molecule has 0 saturated heterocycles. The third kappa shape index (κ3) is 5.37. The van der Waals surface area contributed by atoms with Crippen LogP contribution in [-0.2, 0) is 4.79 Å². The van der Waals surface area contributed by atoms with Gasteiger partial charge >= 0.3 is 0 Å². The first-order valence-corrected chi connectivity index (χ1v) is 3.55. The number of carbonyl (C=O) groups is 1. The predicted molar refractivity (Wildman–Crippen MR) is 39.5 cm³/mol. The van der Waals surface area contributed by atoms with Crippen LogP contribution in [0, 0.1) is 11.3 Å². The highest BCUT2D eigenvalue weighted by Crippen LogP contribution is 1.88. The van der Waals surface area contributed by atoms with Gasteiger partial charge in [0.25, 0.3) is 0 Å². The normalized spacial score (nSPS) is 11.7. The van der Waals surface area contributed by atoms with E-state index >= 15 is 0 Å². The molecule has 2 N–H and O–H groups in total. The molecule has 0 aromatic carbocycles. The highest BCUT2D eigenvalue weighted by molar-refractivity contribution is 5.76. The van der Waals surface area contributed by atoms with Crippen LogP contribution in [-0.4, -0.2) is 23.7 Å². The highest BCUT2D eigenvalue weighted by atomic mass is 16.3. The summed E-state index contributed by atoms with van der Waals surface area (Å²) in [6.07, 6.45) is -0.447. The molecule has 1 unspecified atom stereocenters. The molecule has 0 fully saturated rings. The van der Waals surface area contributed by atoms with Crippen LogP contribution in [0.3, 0.4) is 0 Å². The third-order valence-corrected chi connectivity index (χ3v) is 1.10. The Morgan fingerprint density at radius 2 is 2.45 bits per heavy atom. The molecule has 62 valence electrons. The number of amides is 1. The standard InChI is InChI=1S/C7H12N2O2/c1-2-3-9-7(11)4-6(10)5-8/h6,10H,2-4H2,1H3,(H,9,11). The zero-order valence-corrected chi connectivity index (χ0v) is 6.50. The number of aliphatic hydroxyl groups is 1. The van der Waals surface area contributed by atoms with Gasteiger partial charge in [0.15, 0.2) is 0 Å². The van der Waals surface area contributed by atoms with Gasteiger partial charge in [-0.1, -0.05) is 6.92 Å². The average Bonchev–Trinajstić information content (AvgIpc) is 2.00. The van der Waals surface area contributed by atoms with Crippen molar-refractivity contribution in [3.8, 4) is 6.07 Å². The number of nitrogens with zero attached hydrogens (tertiary/aromatic N) is 1. The molecule has 0 bridgehead atoms. The number of carbonyl (C=O) groups excluding carboxylic acids is 1. The minimum atomic E-state index is -1.17. The van der Waals surface area contributed by atoms with Crippen molar-refractivity contribution in [3.05, 3.63) is 0 Å². The van der Waals surface area contributed by atoms with Crippen LogP contribution in [0.1, 0.15) is 19.8 Å². The quantitative estimate of drug-likeness (QED) is 0.553. The van der Waals surface area contributed by atoms with Gasteiger partial charge in [-0.25, -0.2) is 0 Å². The minimum absolute atomic E-state index is 0.128. The molecule has 11 heavy (non-hydrogen) atoms. The number of nitriles is 1. The number of nitrogens with one attached hydrogen (secondary N) is 1. The van der Waals surface area contributed by atoms with Gasteiger partial charge in [-0.15, -0.1) is 0 Å². The second-order valence-electron chi connectivity index (χ2n) is 2.20. The molecule has 0 aromatic heterocycles. The zero-order chi connectivity index (χ0) is 8.69. The SMILES string of the molecule is CCCNC(=O)CC(O)C#N. The molecule has 0 saturated carbocycles. The Balaban J connectivity index is 3.46. The Bertz CT molecular complexity index is 162. The largest absolute Gasteiger partial charge is 0.378 e. The molecular weight excluding hydrogens is 144 g/mol. The van der Waals surface area contributed by atoms with Crippen molar-refractivity contribution in [2.75, 3.05) is 6.54 Å². The predicted octanol–water partition coefficient (Wildman–Crippen LogP) is -0.213. The number of hydrogen-bond donors (Lipinski definition) is 2. The molecule has 0 rings (SSSR count). The molecule has 0 aliphatic carbocycles. The number of rotatable bonds is 4. The number of hydrogen-bond acceptors (Lipinski definition) is 3. The smallest absolute Gasteiger partial charge is 0.223 e. The van der Waals surface area contributed by atoms with Crippen LogP contribution >= 0.6 is 0 Å². The molecule has 4 heteroatoms. The molecule has 0 aliphatic rings. The van der Waals surface area contributed by atoms with Crippen molar-refractivity contribution < 1.29 is 9.90 Å². The van der Waals surface area contributed by atoms with E-state index in [-0.39, 0.29) is 12.3 Å². The fraction of sp³-hybridized carbons (Fsp3) is 0.714. The van der Waals surface area contributed by atoms with Gasteiger partial charge in [0, 0.05) is 6.54 Å². The Morgan fingerprint density at radius 1 is 1.82 bits per heavy atom. The van der Waals surface area contributed by atoms with E-state index < -0.39 is 6.10 Å².